The second-order valence-electron chi connectivity index (χ2n) is 2.86. The van der Waals surface area contributed by atoms with E-state index in [0.29, 0.717) is 0 Å². The molecule has 0 aliphatic carbocycles. The lowest BCUT2D eigenvalue weighted by molar-refractivity contribution is 0.582. The van der Waals surface area contributed by atoms with Crippen LogP contribution in [0.2, 0.25) is 0 Å². The fourth-order valence-electron chi connectivity index (χ4n) is 1.00. The van der Waals surface area contributed by atoms with Gasteiger partial charge >= 0.3 is 0 Å². The largest absolute Gasteiger partial charge is 0.262 e. The van der Waals surface area contributed by atoms with Crippen LogP contribution in [-0.4, -0.2) is 9.81 Å². The topological polar surface area (TPSA) is 12.9 Å². The molecular formula is C9H11BrFN. The van der Waals surface area contributed by atoms with Gasteiger partial charge in [0.25, 0.3) is 0 Å². The molecule has 0 fully saturated rings. The van der Waals surface area contributed by atoms with Gasteiger partial charge in [-0.15, -0.1) is 0 Å². The number of rotatable bonds is 2. The van der Waals surface area contributed by atoms with E-state index in [1.807, 2.05) is 13.8 Å². The summed E-state index contributed by atoms with van der Waals surface area (Å²) < 4.78 is 13.1. The molecule has 66 valence electrons. The summed E-state index contributed by atoms with van der Waals surface area (Å²) in [4.78, 5) is 3.97. The van der Waals surface area contributed by atoms with E-state index in [0.717, 1.165) is 5.56 Å². The first-order valence-corrected chi connectivity index (χ1v) is 4.78. The Balaban J connectivity index is 2.94. The van der Waals surface area contributed by atoms with E-state index in [2.05, 4.69) is 20.9 Å². The highest BCUT2D eigenvalue weighted by Crippen LogP contribution is 2.25. The molecule has 0 amide bonds. The molecule has 2 atom stereocenters. The molecule has 12 heavy (non-hydrogen) atoms. The zero-order valence-corrected chi connectivity index (χ0v) is 8.68. The van der Waals surface area contributed by atoms with Crippen LogP contribution in [-0.2, 0) is 0 Å². The monoisotopic (exact) mass is 231 g/mol. The van der Waals surface area contributed by atoms with E-state index in [-0.39, 0.29) is 16.6 Å². The molecule has 3 heteroatoms. The van der Waals surface area contributed by atoms with Crippen LogP contribution < -0.4 is 0 Å². The summed E-state index contributed by atoms with van der Waals surface area (Å²) >= 11 is 3.42. The van der Waals surface area contributed by atoms with Gasteiger partial charge in [0.2, 0.25) is 0 Å². The predicted molar refractivity (Wildman–Crippen MR) is 51.0 cm³/mol. The van der Waals surface area contributed by atoms with Crippen LogP contribution in [0, 0.1) is 5.82 Å². The van der Waals surface area contributed by atoms with Crippen molar-refractivity contribution in [2.24, 2.45) is 0 Å². The van der Waals surface area contributed by atoms with Gasteiger partial charge in [0, 0.05) is 11.0 Å². The van der Waals surface area contributed by atoms with Gasteiger partial charge in [-0.05, 0) is 17.5 Å². The van der Waals surface area contributed by atoms with Crippen LogP contribution in [0.3, 0.4) is 0 Å². The van der Waals surface area contributed by atoms with Gasteiger partial charge in [-0.1, -0.05) is 29.8 Å². The zero-order valence-electron chi connectivity index (χ0n) is 7.09. The minimum absolute atomic E-state index is 0.174. The van der Waals surface area contributed by atoms with E-state index in [1.54, 1.807) is 12.3 Å². The van der Waals surface area contributed by atoms with Crippen LogP contribution in [0.15, 0.2) is 18.5 Å². The summed E-state index contributed by atoms with van der Waals surface area (Å²) in [5.74, 6) is -0.0516. The third-order valence-corrected chi connectivity index (χ3v) is 2.78. The molecule has 0 aliphatic rings. The normalized spacial score (nSPS) is 15.7. The maximum atomic E-state index is 13.1. The second kappa shape index (κ2) is 3.99. The van der Waals surface area contributed by atoms with Gasteiger partial charge < -0.3 is 0 Å². The Hall–Kier alpha value is -0.440. The number of aromatic nitrogens is 1. The van der Waals surface area contributed by atoms with Crippen molar-refractivity contribution in [3.05, 3.63) is 29.8 Å². The molecule has 1 aromatic rings. The van der Waals surface area contributed by atoms with Gasteiger partial charge in [0.1, 0.15) is 5.82 Å². The zero-order chi connectivity index (χ0) is 9.14. The number of pyridine rings is 1. The van der Waals surface area contributed by atoms with E-state index < -0.39 is 0 Å². The lowest BCUT2D eigenvalue weighted by atomic mass is 9.99. The van der Waals surface area contributed by atoms with Gasteiger partial charge in [0.15, 0.2) is 0 Å². The SMILES string of the molecule is CC(Br)C(C)c1ccncc1F. The predicted octanol–water partition coefficient (Wildman–Crippen LogP) is 3.11. The highest BCUT2D eigenvalue weighted by Gasteiger charge is 2.14. The Morgan fingerprint density at radius 2 is 2.17 bits per heavy atom. The quantitative estimate of drug-likeness (QED) is 0.714. The highest BCUT2D eigenvalue weighted by molar-refractivity contribution is 9.09. The van der Waals surface area contributed by atoms with Crippen molar-refractivity contribution in [2.45, 2.75) is 24.6 Å². The van der Waals surface area contributed by atoms with Crippen molar-refractivity contribution < 1.29 is 4.39 Å². The molecule has 0 saturated heterocycles. The molecular weight excluding hydrogens is 221 g/mol. The lowest BCUT2D eigenvalue weighted by Crippen LogP contribution is -2.06. The number of nitrogens with zero attached hydrogens (tertiary/aromatic N) is 1. The van der Waals surface area contributed by atoms with Crippen LogP contribution >= 0.6 is 15.9 Å². The Morgan fingerprint density at radius 1 is 1.50 bits per heavy atom. The molecule has 0 aromatic carbocycles. The average molecular weight is 232 g/mol. The standard InChI is InChI=1S/C9H11BrFN/c1-6(7(2)10)8-3-4-12-5-9(8)11/h3-7H,1-2H3. The summed E-state index contributed by atoms with van der Waals surface area (Å²) in [6.07, 6.45) is 2.87. The van der Waals surface area contributed by atoms with Crippen LogP contribution in [0.25, 0.3) is 0 Å². The molecule has 0 spiro atoms. The van der Waals surface area contributed by atoms with Crippen molar-refractivity contribution in [1.82, 2.24) is 4.98 Å². The van der Waals surface area contributed by atoms with E-state index >= 15 is 0 Å². The molecule has 0 radical (unpaired) electrons. The maximum Gasteiger partial charge on any atom is 0.144 e. The summed E-state index contributed by atoms with van der Waals surface area (Å²) in [6, 6.07) is 1.72. The Labute approximate surface area is 80.1 Å². The minimum Gasteiger partial charge on any atom is -0.262 e. The van der Waals surface area contributed by atoms with Crippen molar-refractivity contribution in [3.8, 4) is 0 Å². The van der Waals surface area contributed by atoms with E-state index in [1.165, 1.54) is 6.20 Å². The number of hydrogen-bond acceptors (Lipinski definition) is 1. The van der Waals surface area contributed by atoms with Gasteiger partial charge in [-0.2, -0.15) is 0 Å². The lowest BCUT2D eigenvalue weighted by Gasteiger charge is -2.14. The molecule has 0 saturated carbocycles. The molecule has 0 N–H and O–H groups in total. The first-order valence-electron chi connectivity index (χ1n) is 3.86. The smallest absolute Gasteiger partial charge is 0.144 e. The summed E-state index contributed by atoms with van der Waals surface area (Å²) in [6.45, 7) is 3.99. The van der Waals surface area contributed by atoms with Crippen molar-refractivity contribution in [1.29, 1.82) is 0 Å². The number of hydrogen-bond donors (Lipinski definition) is 0. The molecule has 1 aromatic heterocycles. The second-order valence-corrected chi connectivity index (χ2v) is 4.31. The summed E-state index contributed by atoms with van der Waals surface area (Å²) in [5, 5.41) is 0. The third kappa shape index (κ3) is 2.03. The van der Waals surface area contributed by atoms with Crippen molar-refractivity contribution in [3.63, 3.8) is 0 Å². The van der Waals surface area contributed by atoms with Crippen LogP contribution in [0.5, 0.6) is 0 Å². The Kier molecular flexibility index (Phi) is 3.20. The summed E-state index contributed by atoms with van der Waals surface area (Å²) in [5.41, 5.74) is 0.717. The van der Waals surface area contributed by atoms with E-state index in [4.69, 9.17) is 0 Å². The van der Waals surface area contributed by atoms with Crippen LogP contribution in [0.1, 0.15) is 25.3 Å². The molecule has 1 heterocycles. The van der Waals surface area contributed by atoms with E-state index in [9.17, 15) is 4.39 Å². The van der Waals surface area contributed by atoms with Gasteiger partial charge in [0.05, 0.1) is 6.20 Å². The first kappa shape index (κ1) is 9.65. The molecule has 0 aliphatic heterocycles. The van der Waals surface area contributed by atoms with Crippen molar-refractivity contribution in [2.75, 3.05) is 0 Å². The highest BCUT2D eigenvalue weighted by atomic mass is 79.9. The van der Waals surface area contributed by atoms with Crippen molar-refractivity contribution >= 4 is 15.9 Å². The number of alkyl halides is 1. The molecule has 2 unspecified atom stereocenters. The third-order valence-electron chi connectivity index (χ3n) is 1.98. The fourth-order valence-corrected chi connectivity index (χ4v) is 1.29. The van der Waals surface area contributed by atoms with Gasteiger partial charge in [-0.3, -0.25) is 4.98 Å². The average Bonchev–Trinajstić information content (AvgIpc) is 2.04. The molecule has 0 bridgehead atoms. The molecule has 1 nitrogen and oxygen atoms in total. The van der Waals surface area contributed by atoms with Gasteiger partial charge in [-0.25, -0.2) is 4.39 Å². The fraction of sp³-hybridized carbons (Fsp3) is 0.444. The van der Waals surface area contributed by atoms with Crippen LogP contribution in [0.4, 0.5) is 4.39 Å². The minimum atomic E-state index is -0.226. The summed E-state index contributed by atoms with van der Waals surface area (Å²) in [7, 11) is 0. The number of halogens is 2. The Morgan fingerprint density at radius 3 is 2.67 bits per heavy atom. The first-order chi connectivity index (χ1) is 5.63. The molecule has 1 rings (SSSR count). The maximum absolute atomic E-state index is 13.1. The Bertz CT molecular complexity index is 262.